The third-order valence-electron chi connectivity index (χ3n) is 3.42. The van der Waals surface area contributed by atoms with Gasteiger partial charge in [-0.15, -0.1) is 0 Å². The van der Waals surface area contributed by atoms with Gasteiger partial charge in [-0.3, -0.25) is 0 Å². The Morgan fingerprint density at radius 1 is 1.38 bits per heavy atom. The second-order valence-corrected chi connectivity index (χ2v) is 4.60. The predicted molar refractivity (Wildman–Crippen MR) is 66.8 cm³/mol. The van der Waals surface area contributed by atoms with Crippen molar-refractivity contribution >= 4 is 0 Å². The molecule has 0 spiro atoms. The van der Waals surface area contributed by atoms with Gasteiger partial charge in [-0.1, -0.05) is 31.0 Å². The van der Waals surface area contributed by atoms with Crippen LogP contribution in [0, 0.1) is 5.92 Å². The third-order valence-corrected chi connectivity index (χ3v) is 3.42. The van der Waals surface area contributed by atoms with Crippen LogP contribution >= 0.6 is 0 Å². The van der Waals surface area contributed by atoms with Crippen molar-refractivity contribution in [1.29, 1.82) is 0 Å². The molecule has 1 fully saturated rings. The minimum absolute atomic E-state index is 0.428. The van der Waals surface area contributed by atoms with Gasteiger partial charge in [-0.05, 0) is 31.9 Å². The van der Waals surface area contributed by atoms with Crippen LogP contribution in [0.25, 0.3) is 0 Å². The summed E-state index contributed by atoms with van der Waals surface area (Å²) in [6.07, 6.45) is 5.41. The summed E-state index contributed by atoms with van der Waals surface area (Å²) in [6.45, 7) is 0. The highest BCUT2D eigenvalue weighted by Gasteiger charge is 2.23. The SMILES string of the molecule is CNC(CCC1CC1)c1ccccc1OC. The van der Waals surface area contributed by atoms with E-state index in [9.17, 15) is 0 Å². The van der Waals surface area contributed by atoms with Crippen molar-refractivity contribution in [1.82, 2.24) is 5.32 Å². The molecule has 1 aliphatic rings. The summed E-state index contributed by atoms with van der Waals surface area (Å²) < 4.78 is 5.41. The van der Waals surface area contributed by atoms with Crippen LogP contribution in [0.2, 0.25) is 0 Å². The standard InChI is InChI=1S/C14H21NO/c1-15-13(10-9-11-7-8-11)12-5-3-4-6-14(12)16-2/h3-6,11,13,15H,7-10H2,1-2H3. The summed E-state index contributed by atoms with van der Waals surface area (Å²) in [4.78, 5) is 0. The molecule has 1 aromatic carbocycles. The normalized spacial score (nSPS) is 17.1. The highest BCUT2D eigenvalue weighted by Crippen LogP contribution is 2.37. The van der Waals surface area contributed by atoms with Gasteiger partial charge in [0.05, 0.1) is 7.11 Å². The fourth-order valence-electron chi connectivity index (χ4n) is 2.22. The van der Waals surface area contributed by atoms with E-state index in [1.165, 1.54) is 31.2 Å². The number of hydrogen-bond acceptors (Lipinski definition) is 2. The van der Waals surface area contributed by atoms with E-state index >= 15 is 0 Å². The van der Waals surface area contributed by atoms with Crippen molar-refractivity contribution in [3.05, 3.63) is 29.8 Å². The van der Waals surface area contributed by atoms with E-state index in [1.807, 2.05) is 19.2 Å². The zero-order valence-electron chi connectivity index (χ0n) is 10.2. The Morgan fingerprint density at radius 2 is 2.12 bits per heavy atom. The van der Waals surface area contributed by atoms with E-state index in [-0.39, 0.29) is 0 Å². The van der Waals surface area contributed by atoms with Crippen molar-refractivity contribution in [2.45, 2.75) is 31.7 Å². The summed E-state index contributed by atoms with van der Waals surface area (Å²) in [5.41, 5.74) is 1.29. The summed E-state index contributed by atoms with van der Waals surface area (Å²) >= 11 is 0. The molecular formula is C14H21NO. The van der Waals surface area contributed by atoms with Crippen LogP contribution < -0.4 is 10.1 Å². The number of ether oxygens (including phenoxy) is 1. The maximum absolute atomic E-state index is 5.41. The van der Waals surface area contributed by atoms with Crippen LogP contribution in [-0.2, 0) is 0 Å². The Morgan fingerprint density at radius 3 is 2.75 bits per heavy atom. The lowest BCUT2D eigenvalue weighted by Gasteiger charge is -2.19. The number of para-hydroxylation sites is 1. The average molecular weight is 219 g/mol. The molecule has 2 nitrogen and oxygen atoms in total. The molecule has 0 heterocycles. The van der Waals surface area contributed by atoms with Crippen LogP contribution in [-0.4, -0.2) is 14.2 Å². The van der Waals surface area contributed by atoms with Gasteiger partial charge in [-0.2, -0.15) is 0 Å². The first-order valence-electron chi connectivity index (χ1n) is 6.15. The second-order valence-electron chi connectivity index (χ2n) is 4.60. The number of benzene rings is 1. The first-order chi connectivity index (χ1) is 7.85. The van der Waals surface area contributed by atoms with Crippen LogP contribution in [0.1, 0.15) is 37.3 Å². The lowest BCUT2D eigenvalue weighted by molar-refractivity contribution is 0.396. The minimum atomic E-state index is 0.428. The fraction of sp³-hybridized carbons (Fsp3) is 0.571. The van der Waals surface area contributed by atoms with Crippen LogP contribution in [0.3, 0.4) is 0 Å². The quantitative estimate of drug-likeness (QED) is 0.793. The number of nitrogens with one attached hydrogen (secondary N) is 1. The molecular weight excluding hydrogens is 198 g/mol. The van der Waals surface area contributed by atoms with Gasteiger partial charge in [-0.25, -0.2) is 0 Å². The average Bonchev–Trinajstić information content (AvgIpc) is 3.14. The molecule has 1 N–H and O–H groups in total. The van der Waals surface area contributed by atoms with Crippen LogP contribution in [0.4, 0.5) is 0 Å². The highest BCUT2D eigenvalue weighted by atomic mass is 16.5. The number of hydrogen-bond donors (Lipinski definition) is 1. The molecule has 16 heavy (non-hydrogen) atoms. The van der Waals surface area contributed by atoms with E-state index in [1.54, 1.807) is 7.11 Å². The monoisotopic (exact) mass is 219 g/mol. The summed E-state index contributed by atoms with van der Waals surface area (Å²) in [5.74, 6) is 1.99. The molecule has 88 valence electrons. The summed E-state index contributed by atoms with van der Waals surface area (Å²) in [7, 11) is 3.77. The lowest BCUT2D eigenvalue weighted by Crippen LogP contribution is -2.17. The zero-order chi connectivity index (χ0) is 11.4. The molecule has 0 amide bonds. The van der Waals surface area contributed by atoms with Crippen molar-refractivity contribution in [3.63, 3.8) is 0 Å². The zero-order valence-corrected chi connectivity index (χ0v) is 10.2. The van der Waals surface area contributed by atoms with Crippen LogP contribution in [0.5, 0.6) is 5.75 Å². The van der Waals surface area contributed by atoms with Gasteiger partial charge in [0, 0.05) is 11.6 Å². The van der Waals surface area contributed by atoms with E-state index in [2.05, 4.69) is 17.4 Å². The Hall–Kier alpha value is -1.02. The molecule has 1 atom stereocenters. The Bertz CT molecular complexity index is 333. The Kier molecular flexibility index (Phi) is 3.83. The van der Waals surface area contributed by atoms with E-state index in [0.29, 0.717) is 6.04 Å². The summed E-state index contributed by atoms with van der Waals surface area (Å²) in [5, 5.41) is 3.40. The molecule has 1 aromatic rings. The number of methoxy groups -OCH3 is 1. The highest BCUT2D eigenvalue weighted by molar-refractivity contribution is 5.35. The van der Waals surface area contributed by atoms with Crippen molar-refractivity contribution < 1.29 is 4.74 Å². The fourth-order valence-corrected chi connectivity index (χ4v) is 2.22. The van der Waals surface area contributed by atoms with Gasteiger partial charge in [0.15, 0.2) is 0 Å². The first kappa shape index (κ1) is 11.5. The molecule has 0 aliphatic heterocycles. The Balaban J connectivity index is 2.04. The van der Waals surface area contributed by atoms with Crippen molar-refractivity contribution in [2.24, 2.45) is 5.92 Å². The lowest BCUT2D eigenvalue weighted by atomic mass is 10.00. The molecule has 2 rings (SSSR count). The van der Waals surface area contributed by atoms with E-state index in [4.69, 9.17) is 4.74 Å². The minimum Gasteiger partial charge on any atom is -0.496 e. The molecule has 1 aliphatic carbocycles. The second kappa shape index (κ2) is 5.35. The maximum Gasteiger partial charge on any atom is 0.123 e. The molecule has 2 heteroatoms. The van der Waals surface area contributed by atoms with Gasteiger partial charge in [0.25, 0.3) is 0 Å². The van der Waals surface area contributed by atoms with Gasteiger partial charge in [0.2, 0.25) is 0 Å². The van der Waals surface area contributed by atoms with Gasteiger partial charge in [0.1, 0.15) is 5.75 Å². The van der Waals surface area contributed by atoms with Crippen molar-refractivity contribution in [2.75, 3.05) is 14.2 Å². The number of rotatable bonds is 6. The Labute approximate surface area is 98.0 Å². The maximum atomic E-state index is 5.41. The van der Waals surface area contributed by atoms with E-state index < -0.39 is 0 Å². The predicted octanol–water partition coefficient (Wildman–Crippen LogP) is 3.15. The van der Waals surface area contributed by atoms with Gasteiger partial charge < -0.3 is 10.1 Å². The molecule has 0 radical (unpaired) electrons. The van der Waals surface area contributed by atoms with Crippen molar-refractivity contribution in [3.8, 4) is 5.75 Å². The third kappa shape index (κ3) is 2.76. The van der Waals surface area contributed by atoms with Crippen LogP contribution in [0.15, 0.2) is 24.3 Å². The van der Waals surface area contributed by atoms with Gasteiger partial charge >= 0.3 is 0 Å². The molecule has 1 saturated carbocycles. The first-order valence-corrected chi connectivity index (χ1v) is 6.15. The topological polar surface area (TPSA) is 21.3 Å². The summed E-state index contributed by atoms with van der Waals surface area (Å²) in [6, 6.07) is 8.73. The molecule has 0 bridgehead atoms. The molecule has 0 aromatic heterocycles. The molecule has 0 saturated heterocycles. The van der Waals surface area contributed by atoms with E-state index in [0.717, 1.165) is 11.7 Å². The largest absolute Gasteiger partial charge is 0.496 e. The smallest absolute Gasteiger partial charge is 0.123 e. The molecule has 1 unspecified atom stereocenters.